The molecule has 1 aliphatic heterocycles. The quantitative estimate of drug-likeness (QED) is 0.306. The van der Waals surface area contributed by atoms with E-state index >= 15 is 0 Å². The minimum absolute atomic E-state index is 0.0526. The number of anilines is 1. The number of ether oxygens (including phenoxy) is 1. The molecule has 4 heterocycles. The summed E-state index contributed by atoms with van der Waals surface area (Å²) in [5, 5.41) is 6.45. The van der Waals surface area contributed by atoms with Crippen LogP contribution in [0.2, 0.25) is 0 Å². The molecule has 0 radical (unpaired) electrons. The highest BCUT2D eigenvalue weighted by Crippen LogP contribution is 2.41. The van der Waals surface area contributed by atoms with E-state index < -0.39 is 5.76 Å². The number of hydrogen-bond acceptors (Lipinski definition) is 8. The third-order valence-electron chi connectivity index (χ3n) is 9.71. The summed E-state index contributed by atoms with van der Waals surface area (Å²) in [7, 11) is 0. The molecule has 3 aromatic heterocycles. The van der Waals surface area contributed by atoms with E-state index in [1.807, 2.05) is 0 Å². The lowest BCUT2D eigenvalue weighted by Gasteiger charge is -2.37. The predicted octanol–water partition coefficient (Wildman–Crippen LogP) is 5.87. The van der Waals surface area contributed by atoms with Gasteiger partial charge >= 0.3 is 5.76 Å². The van der Waals surface area contributed by atoms with Gasteiger partial charge in [-0.3, -0.25) is 0 Å². The molecule has 0 spiro atoms. The van der Waals surface area contributed by atoms with Gasteiger partial charge in [0.15, 0.2) is 5.65 Å². The van der Waals surface area contributed by atoms with Gasteiger partial charge in [0.25, 0.3) is 5.89 Å². The van der Waals surface area contributed by atoms with E-state index in [0.29, 0.717) is 36.5 Å². The second-order valence-electron chi connectivity index (χ2n) is 12.8. The number of rotatable bonds is 6. The summed E-state index contributed by atoms with van der Waals surface area (Å²) < 4.78 is 13.8. The largest absolute Gasteiger partial charge is 0.434 e. The lowest BCUT2D eigenvalue weighted by molar-refractivity contribution is 0.0927. The smallest absolute Gasteiger partial charge is 0.384 e. The van der Waals surface area contributed by atoms with Crippen molar-refractivity contribution in [1.82, 2.24) is 29.7 Å². The van der Waals surface area contributed by atoms with Gasteiger partial charge in [0.1, 0.15) is 5.52 Å². The maximum Gasteiger partial charge on any atom is 0.434 e. The number of aromatic nitrogens is 6. The van der Waals surface area contributed by atoms with Crippen molar-refractivity contribution in [2.75, 3.05) is 24.7 Å². The Bertz CT molecular complexity index is 1570. The van der Waals surface area contributed by atoms with Gasteiger partial charge in [-0.2, -0.15) is 4.98 Å². The van der Waals surface area contributed by atoms with Crippen LogP contribution in [0.15, 0.2) is 39.5 Å². The Labute approximate surface area is 245 Å². The van der Waals surface area contributed by atoms with Crippen molar-refractivity contribution in [2.45, 2.75) is 83.7 Å². The fourth-order valence-electron chi connectivity index (χ4n) is 7.40. The SMILES string of the molecule is CC1CCC(Cn2c(N3CCOC[C@H]3c3ccccc3)nc3nc(-c4n[nH]c(=O)o4)nc(C4CCCC(C)C4)c32)CC1. The van der Waals surface area contributed by atoms with Crippen LogP contribution in [0.3, 0.4) is 0 Å². The molecular weight excluding hydrogens is 530 g/mol. The van der Waals surface area contributed by atoms with Gasteiger partial charge in [0.05, 0.1) is 24.9 Å². The zero-order valence-electron chi connectivity index (χ0n) is 24.7. The van der Waals surface area contributed by atoms with Gasteiger partial charge in [-0.15, -0.1) is 5.10 Å². The highest BCUT2D eigenvalue weighted by atomic mass is 16.5. The van der Waals surface area contributed by atoms with Gasteiger partial charge in [-0.25, -0.2) is 19.9 Å². The first-order valence-corrected chi connectivity index (χ1v) is 15.8. The molecule has 4 aromatic rings. The van der Waals surface area contributed by atoms with Crippen molar-refractivity contribution in [3.63, 3.8) is 0 Å². The number of aromatic amines is 1. The first-order chi connectivity index (χ1) is 20.5. The second kappa shape index (κ2) is 11.6. The van der Waals surface area contributed by atoms with Gasteiger partial charge in [0, 0.05) is 19.0 Å². The van der Waals surface area contributed by atoms with Crippen LogP contribution in [0, 0.1) is 17.8 Å². The molecule has 1 N–H and O–H groups in total. The second-order valence-corrected chi connectivity index (χ2v) is 12.8. The Morgan fingerprint density at radius 1 is 0.976 bits per heavy atom. The van der Waals surface area contributed by atoms with E-state index in [0.717, 1.165) is 49.0 Å². The van der Waals surface area contributed by atoms with E-state index in [4.69, 9.17) is 24.1 Å². The average Bonchev–Trinajstić information content (AvgIpc) is 3.62. The lowest BCUT2D eigenvalue weighted by Crippen LogP contribution is -2.41. The standard InChI is InChI=1S/C32H41N7O3/c1-20-11-13-22(14-12-20)18-39-27-26(24-10-6-7-21(2)17-24)33-29(30-36-37-32(40)42-30)34-28(27)35-31(39)38-15-16-41-19-25(38)23-8-4-3-5-9-23/h3-5,8-9,20-22,24-25H,6-7,10-19H2,1-2H3,(H,37,40)/t20?,21?,22?,24?,25-/m0/s1. The first-order valence-electron chi connectivity index (χ1n) is 15.8. The van der Waals surface area contributed by atoms with Gasteiger partial charge in [0.2, 0.25) is 11.8 Å². The van der Waals surface area contributed by atoms with E-state index in [-0.39, 0.29) is 17.9 Å². The van der Waals surface area contributed by atoms with Crippen LogP contribution in [-0.2, 0) is 11.3 Å². The summed E-state index contributed by atoms with van der Waals surface area (Å²) in [6.45, 7) is 7.61. The molecule has 2 saturated carbocycles. The van der Waals surface area contributed by atoms with Crippen LogP contribution in [0.5, 0.6) is 0 Å². The molecule has 42 heavy (non-hydrogen) atoms. The Kier molecular flexibility index (Phi) is 7.56. The molecule has 0 bridgehead atoms. The van der Waals surface area contributed by atoms with Crippen molar-refractivity contribution >= 4 is 17.1 Å². The molecule has 1 saturated heterocycles. The minimum atomic E-state index is -0.613. The molecule has 10 nitrogen and oxygen atoms in total. The van der Waals surface area contributed by atoms with Gasteiger partial charge in [-0.05, 0) is 49.0 Å². The maximum absolute atomic E-state index is 11.9. The van der Waals surface area contributed by atoms with E-state index in [2.05, 4.69) is 63.8 Å². The molecule has 1 aromatic carbocycles. The third kappa shape index (κ3) is 5.37. The Morgan fingerprint density at radius 2 is 1.81 bits per heavy atom. The number of nitrogens with one attached hydrogen (secondary N) is 1. The summed E-state index contributed by atoms with van der Waals surface area (Å²) in [6, 6.07) is 10.6. The van der Waals surface area contributed by atoms with Crippen LogP contribution >= 0.6 is 0 Å². The summed E-state index contributed by atoms with van der Waals surface area (Å²) >= 11 is 0. The lowest BCUT2D eigenvalue weighted by atomic mass is 9.80. The molecular formula is C32H41N7O3. The summed E-state index contributed by atoms with van der Waals surface area (Å²) in [6.07, 6.45) is 9.53. The number of morpholine rings is 1. The molecule has 2 unspecified atom stereocenters. The van der Waals surface area contributed by atoms with Crippen molar-refractivity contribution in [3.05, 3.63) is 52.1 Å². The molecule has 3 fully saturated rings. The van der Waals surface area contributed by atoms with Crippen LogP contribution in [0.25, 0.3) is 22.9 Å². The molecule has 3 aliphatic rings. The first kappa shape index (κ1) is 27.3. The summed E-state index contributed by atoms with van der Waals surface area (Å²) in [5.74, 6) is 3.02. The average molecular weight is 572 g/mol. The van der Waals surface area contributed by atoms with E-state index in [1.165, 1.54) is 44.1 Å². The molecule has 222 valence electrons. The fourth-order valence-corrected chi connectivity index (χ4v) is 7.40. The van der Waals surface area contributed by atoms with Crippen LogP contribution in [0.4, 0.5) is 5.95 Å². The number of H-pyrrole nitrogens is 1. The van der Waals surface area contributed by atoms with Crippen molar-refractivity contribution in [2.24, 2.45) is 17.8 Å². The van der Waals surface area contributed by atoms with Crippen molar-refractivity contribution in [1.29, 1.82) is 0 Å². The highest BCUT2D eigenvalue weighted by Gasteiger charge is 2.34. The molecule has 7 rings (SSSR count). The Balaban J connectivity index is 1.41. The van der Waals surface area contributed by atoms with Crippen LogP contribution in [-0.4, -0.2) is 49.5 Å². The highest BCUT2D eigenvalue weighted by molar-refractivity contribution is 5.80. The topological polar surface area (TPSA) is 115 Å². The third-order valence-corrected chi connectivity index (χ3v) is 9.71. The minimum Gasteiger partial charge on any atom is -0.384 e. The number of fused-ring (bicyclic) bond motifs is 1. The zero-order valence-corrected chi connectivity index (χ0v) is 24.7. The van der Waals surface area contributed by atoms with Crippen LogP contribution in [0.1, 0.15) is 88.4 Å². The zero-order chi connectivity index (χ0) is 28.6. The van der Waals surface area contributed by atoms with Crippen molar-refractivity contribution < 1.29 is 9.15 Å². The number of benzene rings is 1. The summed E-state index contributed by atoms with van der Waals surface area (Å²) in [5.41, 5.74) is 3.91. The van der Waals surface area contributed by atoms with Crippen molar-refractivity contribution in [3.8, 4) is 11.7 Å². The monoisotopic (exact) mass is 571 g/mol. The molecule has 10 heteroatoms. The molecule has 2 aliphatic carbocycles. The van der Waals surface area contributed by atoms with Gasteiger partial charge in [-0.1, -0.05) is 69.9 Å². The van der Waals surface area contributed by atoms with E-state index in [9.17, 15) is 4.79 Å². The van der Waals surface area contributed by atoms with Crippen LogP contribution < -0.4 is 10.7 Å². The fraction of sp³-hybridized carbons (Fsp3) is 0.594. The maximum atomic E-state index is 11.9. The Morgan fingerprint density at radius 3 is 2.57 bits per heavy atom. The normalized spacial score (nSPS) is 27.0. The molecule has 0 amide bonds. The molecule has 3 atom stereocenters. The Hall–Kier alpha value is -3.53. The van der Waals surface area contributed by atoms with E-state index in [1.54, 1.807) is 0 Å². The van der Waals surface area contributed by atoms with Gasteiger partial charge < -0.3 is 18.6 Å². The number of nitrogens with zero attached hydrogens (tertiary/aromatic N) is 6. The number of hydrogen-bond donors (Lipinski definition) is 1. The summed E-state index contributed by atoms with van der Waals surface area (Å²) in [4.78, 5) is 29.6. The predicted molar refractivity (Wildman–Crippen MR) is 160 cm³/mol. The number of imidazole rings is 1.